The number of hydrogen-bond acceptors (Lipinski definition) is 4. The highest BCUT2D eigenvalue weighted by atomic mass is 16.2. The number of urea groups is 1. The van der Waals surface area contributed by atoms with Crippen molar-refractivity contribution >= 4 is 23.8 Å². The highest BCUT2D eigenvalue weighted by Crippen LogP contribution is 2.32. The standard InChI is InChI=1S/C17H26N4O4/c1-11(2)13-9-19(6-5-14(22)20(13)8-12-3-4-12)16(24)10-21-15(23)7-18-17(21)25/h11-13H,3-10H2,1-2H3,(H,18,25)/t13-/m1/s1. The summed E-state index contributed by atoms with van der Waals surface area (Å²) in [6.07, 6.45) is 2.63. The second kappa shape index (κ2) is 7.01. The van der Waals surface area contributed by atoms with Crippen molar-refractivity contribution in [3.05, 3.63) is 0 Å². The number of rotatable bonds is 5. The minimum absolute atomic E-state index is 0.0253. The average Bonchev–Trinajstić information content (AvgIpc) is 3.35. The first kappa shape index (κ1) is 17.7. The first-order chi connectivity index (χ1) is 11.9. The molecule has 1 N–H and O–H groups in total. The van der Waals surface area contributed by atoms with Gasteiger partial charge in [0.2, 0.25) is 11.8 Å². The first-order valence-electron chi connectivity index (χ1n) is 9.02. The van der Waals surface area contributed by atoms with Crippen molar-refractivity contribution in [2.45, 2.75) is 39.2 Å². The molecule has 8 heteroatoms. The maximum absolute atomic E-state index is 12.6. The Morgan fingerprint density at radius 1 is 1.20 bits per heavy atom. The fraction of sp³-hybridized carbons (Fsp3) is 0.765. The molecule has 0 aromatic rings. The molecule has 3 fully saturated rings. The zero-order valence-electron chi connectivity index (χ0n) is 14.9. The Labute approximate surface area is 147 Å². The molecule has 3 aliphatic rings. The van der Waals surface area contributed by atoms with E-state index in [1.165, 1.54) is 12.8 Å². The topological polar surface area (TPSA) is 90.0 Å². The van der Waals surface area contributed by atoms with Gasteiger partial charge < -0.3 is 15.1 Å². The molecule has 0 aromatic heterocycles. The Hall–Kier alpha value is -2.12. The van der Waals surface area contributed by atoms with Crippen LogP contribution in [0.2, 0.25) is 0 Å². The molecule has 0 bridgehead atoms. The van der Waals surface area contributed by atoms with Crippen molar-refractivity contribution in [1.82, 2.24) is 20.0 Å². The Bertz CT molecular complexity index is 571. The smallest absolute Gasteiger partial charge is 0.325 e. The lowest BCUT2D eigenvalue weighted by molar-refractivity contribution is -0.137. The summed E-state index contributed by atoms with van der Waals surface area (Å²) in [5.41, 5.74) is 0. The monoisotopic (exact) mass is 350 g/mol. The van der Waals surface area contributed by atoms with Gasteiger partial charge in [-0.25, -0.2) is 4.79 Å². The fourth-order valence-electron chi connectivity index (χ4n) is 3.44. The van der Waals surface area contributed by atoms with E-state index in [1.54, 1.807) is 4.90 Å². The van der Waals surface area contributed by atoms with Crippen LogP contribution in [0.5, 0.6) is 0 Å². The molecule has 0 unspecified atom stereocenters. The summed E-state index contributed by atoms with van der Waals surface area (Å²) in [5, 5.41) is 2.41. The largest absolute Gasteiger partial charge is 0.339 e. The van der Waals surface area contributed by atoms with Gasteiger partial charge in [-0.1, -0.05) is 13.8 Å². The fourth-order valence-corrected chi connectivity index (χ4v) is 3.44. The summed E-state index contributed by atoms with van der Waals surface area (Å²) < 4.78 is 0. The predicted octanol–water partition coefficient (Wildman–Crippen LogP) is 0.0337. The van der Waals surface area contributed by atoms with Crippen molar-refractivity contribution in [2.24, 2.45) is 11.8 Å². The number of nitrogens with zero attached hydrogens (tertiary/aromatic N) is 3. The van der Waals surface area contributed by atoms with Gasteiger partial charge in [-0.05, 0) is 24.7 Å². The van der Waals surface area contributed by atoms with Crippen LogP contribution in [0, 0.1) is 11.8 Å². The van der Waals surface area contributed by atoms with Crippen molar-refractivity contribution in [2.75, 3.05) is 32.7 Å². The van der Waals surface area contributed by atoms with Crippen LogP contribution in [0.3, 0.4) is 0 Å². The van der Waals surface area contributed by atoms with Crippen LogP contribution < -0.4 is 5.32 Å². The lowest BCUT2D eigenvalue weighted by Gasteiger charge is -2.35. The van der Waals surface area contributed by atoms with Crippen LogP contribution >= 0.6 is 0 Å². The second-order valence-electron chi connectivity index (χ2n) is 7.53. The molecular weight excluding hydrogens is 324 g/mol. The predicted molar refractivity (Wildman–Crippen MR) is 89.4 cm³/mol. The SMILES string of the molecule is CC(C)[C@H]1CN(C(=O)CN2C(=O)CNC2=O)CCC(=O)N1CC1CC1. The normalized spacial score (nSPS) is 24.8. The molecule has 0 aromatic carbocycles. The Morgan fingerprint density at radius 3 is 2.48 bits per heavy atom. The van der Waals surface area contributed by atoms with Gasteiger partial charge in [-0.15, -0.1) is 0 Å². The van der Waals surface area contributed by atoms with Crippen LogP contribution in [0.25, 0.3) is 0 Å². The summed E-state index contributed by atoms with van der Waals surface area (Å²) in [4.78, 5) is 53.1. The minimum atomic E-state index is -0.528. The van der Waals surface area contributed by atoms with Gasteiger partial charge in [0, 0.05) is 26.1 Å². The van der Waals surface area contributed by atoms with Crippen molar-refractivity contribution in [1.29, 1.82) is 0 Å². The van der Waals surface area contributed by atoms with Crippen LogP contribution in [0.1, 0.15) is 33.1 Å². The molecule has 1 saturated carbocycles. The third-order valence-electron chi connectivity index (χ3n) is 5.23. The number of amides is 5. The molecule has 5 amide bonds. The van der Waals surface area contributed by atoms with Gasteiger partial charge in [0.15, 0.2) is 0 Å². The van der Waals surface area contributed by atoms with Crippen molar-refractivity contribution < 1.29 is 19.2 Å². The molecule has 1 atom stereocenters. The number of hydrogen-bond donors (Lipinski definition) is 1. The van der Waals surface area contributed by atoms with E-state index in [9.17, 15) is 19.2 Å². The van der Waals surface area contributed by atoms with Gasteiger partial charge >= 0.3 is 6.03 Å². The van der Waals surface area contributed by atoms with E-state index in [0.717, 1.165) is 11.4 Å². The van der Waals surface area contributed by atoms with Gasteiger partial charge in [-0.3, -0.25) is 19.3 Å². The van der Waals surface area contributed by atoms with E-state index in [-0.39, 0.29) is 42.8 Å². The molecule has 1 aliphatic carbocycles. The second-order valence-corrected chi connectivity index (χ2v) is 7.53. The number of carbonyl (C=O) groups is 4. The molecule has 2 heterocycles. The van der Waals surface area contributed by atoms with E-state index < -0.39 is 6.03 Å². The molecule has 0 spiro atoms. The Balaban J connectivity index is 1.69. The molecule has 25 heavy (non-hydrogen) atoms. The minimum Gasteiger partial charge on any atom is -0.339 e. The quantitative estimate of drug-likeness (QED) is 0.709. The maximum Gasteiger partial charge on any atom is 0.325 e. The first-order valence-corrected chi connectivity index (χ1v) is 9.02. The van der Waals surface area contributed by atoms with Crippen molar-refractivity contribution in [3.63, 3.8) is 0 Å². The summed E-state index contributed by atoms with van der Waals surface area (Å²) in [6.45, 7) is 5.37. The van der Waals surface area contributed by atoms with Crippen LogP contribution in [-0.4, -0.2) is 77.2 Å². The van der Waals surface area contributed by atoms with E-state index >= 15 is 0 Å². The number of imide groups is 1. The van der Waals surface area contributed by atoms with E-state index in [2.05, 4.69) is 19.2 Å². The third kappa shape index (κ3) is 3.93. The summed E-state index contributed by atoms with van der Waals surface area (Å²) in [6, 6.07) is -0.553. The highest BCUT2D eigenvalue weighted by Gasteiger charge is 2.38. The lowest BCUT2D eigenvalue weighted by Crippen LogP contribution is -2.50. The average molecular weight is 350 g/mol. The zero-order chi connectivity index (χ0) is 18.1. The summed E-state index contributed by atoms with van der Waals surface area (Å²) in [5.74, 6) is 0.249. The van der Waals surface area contributed by atoms with E-state index in [1.807, 2.05) is 4.90 Å². The van der Waals surface area contributed by atoms with Crippen LogP contribution in [0.4, 0.5) is 4.79 Å². The van der Waals surface area contributed by atoms with E-state index in [4.69, 9.17) is 0 Å². The molecule has 8 nitrogen and oxygen atoms in total. The van der Waals surface area contributed by atoms with E-state index in [0.29, 0.717) is 25.4 Å². The molecule has 2 aliphatic heterocycles. The summed E-state index contributed by atoms with van der Waals surface area (Å²) >= 11 is 0. The van der Waals surface area contributed by atoms with Gasteiger partial charge in [0.05, 0.1) is 12.6 Å². The van der Waals surface area contributed by atoms with Crippen molar-refractivity contribution in [3.8, 4) is 0 Å². The van der Waals surface area contributed by atoms with Gasteiger partial charge in [-0.2, -0.15) is 0 Å². The van der Waals surface area contributed by atoms with Gasteiger partial charge in [0.25, 0.3) is 5.91 Å². The molecule has 3 rings (SSSR count). The highest BCUT2D eigenvalue weighted by molar-refractivity contribution is 6.04. The zero-order valence-corrected chi connectivity index (χ0v) is 14.9. The van der Waals surface area contributed by atoms with Gasteiger partial charge in [0.1, 0.15) is 6.54 Å². The maximum atomic E-state index is 12.6. The lowest BCUT2D eigenvalue weighted by atomic mass is 10.0. The summed E-state index contributed by atoms with van der Waals surface area (Å²) in [7, 11) is 0. The third-order valence-corrected chi connectivity index (χ3v) is 5.23. The molecule has 138 valence electrons. The number of carbonyl (C=O) groups excluding carboxylic acids is 4. The molecule has 0 radical (unpaired) electrons. The van der Waals surface area contributed by atoms with Crippen LogP contribution in [-0.2, 0) is 14.4 Å². The molecular formula is C17H26N4O4. The molecule has 2 saturated heterocycles. The van der Waals surface area contributed by atoms with Crippen LogP contribution in [0.15, 0.2) is 0 Å². The Morgan fingerprint density at radius 2 is 1.92 bits per heavy atom. The number of nitrogens with one attached hydrogen (secondary N) is 1. The Kier molecular flexibility index (Phi) is 4.96.